The van der Waals surface area contributed by atoms with E-state index in [9.17, 15) is 8.42 Å². The van der Waals surface area contributed by atoms with E-state index in [0.717, 1.165) is 5.56 Å². The topological polar surface area (TPSA) is 88.4 Å². The van der Waals surface area contributed by atoms with Gasteiger partial charge in [-0.25, -0.2) is 8.42 Å². The number of nitriles is 1. The lowest BCUT2D eigenvalue weighted by Gasteiger charge is -2.24. The molecule has 0 aliphatic heterocycles. The Hall–Kier alpha value is -1.62. The van der Waals surface area contributed by atoms with Crippen LogP contribution in [0.1, 0.15) is 30.4 Å². The highest BCUT2D eigenvalue weighted by atomic mass is 32.2. The van der Waals surface area contributed by atoms with E-state index < -0.39 is 10.0 Å². The minimum Gasteiger partial charge on any atom is -0.380 e. The first kappa shape index (κ1) is 17.7. The summed E-state index contributed by atoms with van der Waals surface area (Å²) in [6, 6.07) is 6.87. The Morgan fingerprint density at radius 2 is 2.17 bits per heavy atom. The summed E-state index contributed by atoms with van der Waals surface area (Å²) in [6.45, 7) is 1.13. The molecule has 0 amide bonds. The summed E-state index contributed by atoms with van der Waals surface area (Å²) in [6.07, 6.45) is 3.60. The molecule has 1 aromatic rings. The monoisotopic (exact) mass is 338 g/mol. The van der Waals surface area contributed by atoms with Gasteiger partial charge in [-0.3, -0.25) is 4.72 Å². The van der Waals surface area contributed by atoms with Gasteiger partial charge >= 0.3 is 0 Å². The van der Waals surface area contributed by atoms with E-state index in [-0.39, 0.29) is 12.4 Å². The number of rotatable bonds is 9. The van der Waals surface area contributed by atoms with Gasteiger partial charge in [0.1, 0.15) is 0 Å². The second-order valence-electron chi connectivity index (χ2n) is 5.71. The third-order valence-electron chi connectivity index (χ3n) is 3.88. The minimum atomic E-state index is -3.49. The Labute approximate surface area is 137 Å². The lowest BCUT2D eigenvalue weighted by atomic mass is 9.86. The average Bonchev–Trinajstić information content (AvgIpc) is 2.46. The molecule has 2 rings (SSSR count). The first-order valence-corrected chi connectivity index (χ1v) is 9.29. The predicted molar refractivity (Wildman–Crippen MR) is 87.4 cm³/mol. The average molecular weight is 338 g/mol. The molecule has 0 radical (unpaired) electrons. The molecular weight excluding hydrogens is 316 g/mol. The van der Waals surface area contributed by atoms with Crippen molar-refractivity contribution < 1.29 is 17.9 Å². The van der Waals surface area contributed by atoms with Gasteiger partial charge in [0.2, 0.25) is 10.0 Å². The number of nitrogens with one attached hydrogen (secondary N) is 1. The Balaban J connectivity index is 1.87. The number of hydrogen-bond acceptors (Lipinski definition) is 5. The van der Waals surface area contributed by atoms with Crippen molar-refractivity contribution in [1.82, 2.24) is 0 Å². The number of nitrogens with zero attached hydrogens (tertiary/aromatic N) is 1. The molecular formula is C16H22N2O4S. The lowest BCUT2D eigenvalue weighted by molar-refractivity contribution is 0.0800. The van der Waals surface area contributed by atoms with Crippen molar-refractivity contribution >= 4 is 15.7 Å². The molecule has 7 heteroatoms. The van der Waals surface area contributed by atoms with Gasteiger partial charge in [-0.15, -0.1) is 0 Å². The highest BCUT2D eigenvalue weighted by molar-refractivity contribution is 7.92. The van der Waals surface area contributed by atoms with E-state index in [1.165, 1.54) is 25.3 Å². The second-order valence-corrected chi connectivity index (χ2v) is 7.55. The molecule has 6 nitrogen and oxygen atoms in total. The fraction of sp³-hybridized carbons (Fsp3) is 0.562. The number of hydrogen-bond donors (Lipinski definition) is 1. The Morgan fingerprint density at radius 1 is 1.39 bits per heavy atom. The van der Waals surface area contributed by atoms with Crippen LogP contribution in [0.2, 0.25) is 0 Å². The summed E-state index contributed by atoms with van der Waals surface area (Å²) in [7, 11) is -1.94. The molecule has 1 fully saturated rings. The molecule has 1 aliphatic rings. The molecule has 1 aromatic carbocycles. The first-order chi connectivity index (χ1) is 11.0. The van der Waals surface area contributed by atoms with Gasteiger partial charge in [0.05, 0.1) is 30.6 Å². The largest absolute Gasteiger partial charge is 0.380 e. The number of anilines is 1. The van der Waals surface area contributed by atoms with Crippen LogP contribution in [0.5, 0.6) is 0 Å². The van der Waals surface area contributed by atoms with E-state index in [1.54, 1.807) is 19.2 Å². The van der Waals surface area contributed by atoms with Gasteiger partial charge in [-0.1, -0.05) is 12.5 Å². The summed E-state index contributed by atoms with van der Waals surface area (Å²) in [5, 5.41) is 9.12. The summed E-state index contributed by atoms with van der Waals surface area (Å²) in [5.74, 6) is 0.499. The summed E-state index contributed by atoms with van der Waals surface area (Å²) in [5.41, 5.74) is 1.50. The second kappa shape index (κ2) is 8.29. The van der Waals surface area contributed by atoms with Gasteiger partial charge in [0.25, 0.3) is 0 Å². The van der Waals surface area contributed by atoms with E-state index in [4.69, 9.17) is 14.7 Å². The van der Waals surface area contributed by atoms with Crippen LogP contribution in [0.4, 0.5) is 5.69 Å². The summed E-state index contributed by atoms with van der Waals surface area (Å²) < 4.78 is 37.0. The molecule has 1 saturated carbocycles. The highest BCUT2D eigenvalue weighted by Gasteiger charge is 2.18. The molecule has 0 heterocycles. The van der Waals surface area contributed by atoms with Gasteiger partial charge in [0.15, 0.2) is 0 Å². The van der Waals surface area contributed by atoms with Crippen LogP contribution in [-0.2, 0) is 26.1 Å². The van der Waals surface area contributed by atoms with Crippen molar-refractivity contribution in [3.8, 4) is 6.07 Å². The fourth-order valence-electron chi connectivity index (χ4n) is 2.33. The van der Waals surface area contributed by atoms with Crippen LogP contribution < -0.4 is 4.72 Å². The SMILES string of the molecule is COCc1ccc(NS(=O)(=O)CCOCC2CCC2)cc1C#N. The highest BCUT2D eigenvalue weighted by Crippen LogP contribution is 2.26. The minimum absolute atomic E-state index is 0.0958. The van der Waals surface area contributed by atoms with Crippen LogP contribution in [-0.4, -0.2) is 34.5 Å². The summed E-state index contributed by atoms with van der Waals surface area (Å²) >= 11 is 0. The normalized spacial score (nSPS) is 15.0. The van der Waals surface area contributed by atoms with Crippen molar-refractivity contribution in [3.05, 3.63) is 29.3 Å². The molecule has 0 spiro atoms. The van der Waals surface area contributed by atoms with Crippen molar-refractivity contribution in [2.75, 3.05) is 30.8 Å². The predicted octanol–water partition coefficient (Wildman–Crippen LogP) is 2.26. The van der Waals surface area contributed by atoms with E-state index in [1.807, 2.05) is 6.07 Å². The quantitative estimate of drug-likeness (QED) is 0.698. The van der Waals surface area contributed by atoms with Crippen LogP contribution in [0.3, 0.4) is 0 Å². The van der Waals surface area contributed by atoms with E-state index >= 15 is 0 Å². The number of ether oxygens (including phenoxy) is 2. The number of methoxy groups -OCH3 is 1. The standard InChI is InChI=1S/C16H22N2O4S/c1-21-12-14-5-6-16(9-15(14)10-17)18-23(19,20)8-7-22-11-13-3-2-4-13/h5-6,9,13,18H,2-4,7-8,11-12H2,1H3. The Bertz CT molecular complexity index is 663. The molecule has 0 unspecified atom stereocenters. The third-order valence-corrected chi connectivity index (χ3v) is 5.13. The maximum absolute atomic E-state index is 12.0. The Morgan fingerprint density at radius 3 is 2.78 bits per heavy atom. The maximum atomic E-state index is 12.0. The molecule has 1 aliphatic carbocycles. The molecule has 0 atom stereocenters. The summed E-state index contributed by atoms with van der Waals surface area (Å²) in [4.78, 5) is 0. The van der Waals surface area contributed by atoms with Crippen LogP contribution >= 0.6 is 0 Å². The van der Waals surface area contributed by atoms with Crippen LogP contribution in [0.25, 0.3) is 0 Å². The van der Waals surface area contributed by atoms with Gasteiger partial charge in [-0.05, 0) is 36.5 Å². The number of sulfonamides is 1. The van der Waals surface area contributed by atoms with Crippen molar-refractivity contribution in [1.29, 1.82) is 5.26 Å². The molecule has 1 N–H and O–H groups in total. The van der Waals surface area contributed by atoms with Crippen LogP contribution in [0, 0.1) is 17.2 Å². The zero-order chi connectivity index (χ0) is 16.7. The molecule has 0 aromatic heterocycles. The maximum Gasteiger partial charge on any atom is 0.235 e. The van der Waals surface area contributed by atoms with Crippen molar-refractivity contribution in [2.24, 2.45) is 5.92 Å². The Kier molecular flexibility index (Phi) is 6.39. The molecule has 23 heavy (non-hydrogen) atoms. The number of benzene rings is 1. The fourth-order valence-corrected chi connectivity index (χ4v) is 3.26. The van der Waals surface area contributed by atoms with Gasteiger partial charge in [0, 0.05) is 19.4 Å². The molecule has 126 valence electrons. The van der Waals surface area contributed by atoms with Gasteiger partial charge < -0.3 is 9.47 Å². The molecule has 0 saturated heterocycles. The third kappa shape index (κ3) is 5.50. The lowest BCUT2D eigenvalue weighted by Crippen LogP contribution is -2.23. The molecule has 0 bridgehead atoms. The van der Waals surface area contributed by atoms with Crippen molar-refractivity contribution in [2.45, 2.75) is 25.9 Å². The first-order valence-electron chi connectivity index (χ1n) is 7.64. The van der Waals surface area contributed by atoms with E-state index in [0.29, 0.717) is 30.4 Å². The zero-order valence-electron chi connectivity index (χ0n) is 13.2. The smallest absolute Gasteiger partial charge is 0.235 e. The zero-order valence-corrected chi connectivity index (χ0v) is 14.1. The van der Waals surface area contributed by atoms with E-state index in [2.05, 4.69) is 4.72 Å². The van der Waals surface area contributed by atoms with Gasteiger partial charge in [-0.2, -0.15) is 5.26 Å². The van der Waals surface area contributed by atoms with Crippen molar-refractivity contribution in [3.63, 3.8) is 0 Å². The van der Waals surface area contributed by atoms with Crippen LogP contribution in [0.15, 0.2) is 18.2 Å².